The Hall–Kier alpha value is -1.84. The fourth-order valence-corrected chi connectivity index (χ4v) is 2.27. The highest BCUT2D eigenvalue weighted by Crippen LogP contribution is 2.19. The molecule has 0 spiro atoms. The van der Waals surface area contributed by atoms with Crippen LogP contribution in [0.5, 0.6) is 5.75 Å². The maximum atomic E-state index is 5.97. The average Bonchev–Trinajstić information content (AvgIpc) is 2.54. The minimum absolute atomic E-state index is 0.610. The van der Waals surface area contributed by atoms with Crippen molar-refractivity contribution in [3.8, 4) is 5.75 Å². The summed E-state index contributed by atoms with van der Waals surface area (Å²) in [6, 6.07) is 18.5. The van der Waals surface area contributed by atoms with E-state index in [-0.39, 0.29) is 0 Å². The van der Waals surface area contributed by atoms with E-state index in [4.69, 9.17) is 4.74 Å². The molecule has 118 valence electrons. The number of nitrogens with one attached hydrogen (secondary N) is 1. The predicted octanol–water partition coefficient (Wildman–Crippen LogP) is 3.31. The molecule has 0 radical (unpaired) electrons. The normalized spacial score (nSPS) is 10.9. The molecular weight excluding hydrogens is 272 g/mol. The standard InChI is InChI=1S/C19H26N2O/c1-21(2)14-8-13-20-15-18-11-6-7-12-19(18)22-16-17-9-4-3-5-10-17/h3-7,9-12,20H,8,13-16H2,1-2H3. The van der Waals surface area contributed by atoms with Crippen LogP contribution in [-0.2, 0) is 13.2 Å². The lowest BCUT2D eigenvalue weighted by molar-refractivity contribution is 0.302. The highest BCUT2D eigenvalue weighted by molar-refractivity contribution is 5.33. The fourth-order valence-electron chi connectivity index (χ4n) is 2.27. The van der Waals surface area contributed by atoms with Crippen molar-refractivity contribution in [2.24, 2.45) is 0 Å². The Morgan fingerprint density at radius 2 is 1.68 bits per heavy atom. The summed E-state index contributed by atoms with van der Waals surface area (Å²) in [4.78, 5) is 2.21. The Bertz CT molecular complexity index is 540. The molecule has 2 aromatic rings. The Balaban J connectivity index is 1.81. The molecule has 0 unspecified atom stereocenters. The van der Waals surface area contributed by atoms with Crippen LogP contribution in [0.15, 0.2) is 54.6 Å². The third-order valence-electron chi connectivity index (χ3n) is 3.48. The van der Waals surface area contributed by atoms with Gasteiger partial charge in [0.2, 0.25) is 0 Å². The average molecular weight is 298 g/mol. The summed E-state index contributed by atoms with van der Waals surface area (Å²) in [5.74, 6) is 0.964. The molecule has 0 bridgehead atoms. The summed E-state index contributed by atoms with van der Waals surface area (Å²) in [7, 11) is 4.21. The largest absolute Gasteiger partial charge is 0.489 e. The van der Waals surface area contributed by atoms with Crippen molar-refractivity contribution in [1.29, 1.82) is 0 Å². The number of benzene rings is 2. The molecule has 0 saturated heterocycles. The molecule has 1 N–H and O–H groups in total. The van der Waals surface area contributed by atoms with E-state index in [1.165, 1.54) is 11.1 Å². The summed E-state index contributed by atoms with van der Waals surface area (Å²) in [6.07, 6.45) is 1.15. The van der Waals surface area contributed by atoms with Crippen LogP contribution >= 0.6 is 0 Å². The van der Waals surface area contributed by atoms with Crippen molar-refractivity contribution >= 4 is 0 Å². The van der Waals surface area contributed by atoms with E-state index in [9.17, 15) is 0 Å². The number of para-hydroxylation sites is 1. The zero-order chi connectivity index (χ0) is 15.6. The Kier molecular flexibility index (Phi) is 6.94. The molecule has 0 heterocycles. The maximum absolute atomic E-state index is 5.97. The third-order valence-corrected chi connectivity index (χ3v) is 3.48. The molecule has 3 heteroatoms. The molecule has 0 amide bonds. The van der Waals surface area contributed by atoms with Crippen LogP contribution < -0.4 is 10.1 Å². The molecule has 0 aliphatic rings. The van der Waals surface area contributed by atoms with Crippen LogP contribution in [0.4, 0.5) is 0 Å². The number of hydrogen-bond donors (Lipinski definition) is 1. The minimum Gasteiger partial charge on any atom is -0.489 e. The first-order valence-electron chi connectivity index (χ1n) is 7.86. The van der Waals surface area contributed by atoms with Gasteiger partial charge in [0.25, 0.3) is 0 Å². The van der Waals surface area contributed by atoms with E-state index >= 15 is 0 Å². The quantitative estimate of drug-likeness (QED) is 0.719. The van der Waals surface area contributed by atoms with Crippen LogP contribution in [0.1, 0.15) is 17.5 Å². The molecule has 2 rings (SSSR count). The molecule has 0 atom stereocenters. The Morgan fingerprint density at radius 1 is 0.955 bits per heavy atom. The number of hydrogen-bond acceptors (Lipinski definition) is 3. The molecular formula is C19H26N2O. The van der Waals surface area contributed by atoms with Gasteiger partial charge in [-0.1, -0.05) is 48.5 Å². The molecule has 0 saturated carbocycles. The monoisotopic (exact) mass is 298 g/mol. The van der Waals surface area contributed by atoms with Crippen LogP contribution in [0, 0.1) is 0 Å². The second-order valence-corrected chi connectivity index (χ2v) is 5.72. The second kappa shape index (κ2) is 9.23. The van der Waals surface area contributed by atoms with Gasteiger partial charge in [0, 0.05) is 12.1 Å². The number of ether oxygens (including phenoxy) is 1. The minimum atomic E-state index is 0.610. The number of nitrogens with zero attached hydrogens (tertiary/aromatic N) is 1. The lowest BCUT2D eigenvalue weighted by Crippen LogP contribution is -2.21. The SMILES string of the molecule is CN(C)CCCNCc1ccccc1OCc1ccccc1. The van der Waals surface area contributed by atoms with Crippen LogP contribution in [0.25, 0.3) is 0 Å². The van der Waals surface area contributed by atoms with E-state index in [1.807, 2.05) is 30.3 Å². The van der Waals surface area contributed by atoms with Gasteiger partial charge in [-0.05, 0) is 45.2 Å². The molecule has 22 heavy (non-hydrogen) atoms. The molecule has 0 aliphatic heterocycles. The van der Waals surface area contributed by atoms with Gasteiger partial charge < -0.3 is 15.0 Å². The van der Waals surface area contributed by atoms with Crippen molar-refractivity contribution in [2.75, 3.05) is 27.2 Å². The van der Waals surface area contributed by atoms with Gasteiger partial charge in [-0.25, -0.2) is 0 Å². The first-order chi connectivity index (χ1) is 10.8. The zero-order valence-electron chi connectivity index (χ0n) is 13.6. The highest BCUT2D eigenvalue weighted by Gasteiger charge is 2.03. The van der Waals surface area contributed by atoms with Crippen LogP contribution in [0.2, 0.25) is 0 Å². The van der Waals surface area contributed by atoms with Crippen molar-refractivity contribution in [2.45, 2.75) is 19.6 Å². The summed E-state index contributed by atoms with van der Waals surface area (Å²) >= 11 is 0. The molecule has 2 aromatic carbocycles. The van der Waals surface area contributed by atoms with Crippen molar-refractivity contribution in [1.82, 2.24) is 10.2 Å². The molecule has 3 nitrogen and oxygen atoms in total. The van der Waals surface area contributed by atoms with E-state index < -0.39 is 0 Å². The lowest BCUT2D eigenvalue weighted by Gasteiger charge is -2.13. The van der Waals surface area contributed by atoms with Gasteiger partial charge in [0.1, 0.15) is 12.4 Å². The van der Waals surface area contributed by atoms with Gasteiger partial charge >= 0.3 is 0 Å². The first kappa shape index (κ1) is 16.5. The van der Waals surface area contributed by atoms with E-state index in [0.29, 0.717) is 6.61 Å². The van der Waals surface area contributed by atoms with Crippen LogP contribution in [0.3, 0.4) is 0 Å². The van der Waals surface area contributed by atoms with Gasteiger partial charge in [-0.2, -0.15) is 0 Å². The molecule has 0 fully saturated rings. The summed E-state index contributed by atoms with van der Waals surface area (Å²) in [6.45, 7) is 3.58. The van der Waals surface area contributed by atoms with Gasteiger partial charge in [-0.3, -0.25) is 0 Å². The Labute approximate surface area is 133 Å². The summed E-state index contributed by atoms with van der Waals surface area (Å²) in [5.41, 5.74) is 2.40. The lowest BCUT2D eigenvalue weighted by atomic mass is 10.2. The second-order valence-electron chi connectivity index (χ2n) is 5.72. The van der Waals surface area contributed by atoms with Crippen molar-refractivity contribution in [3.63, 3.8) is 0 Å². The van der Waals surface area contributed by atoms with Gasteiger partial charge in [0.15, 0.2) is 0 Å². The first-order valence-corrected chi connectivity index (χ1v) is 7.86. The fraction of sp³-hybridized carbons (Fsp3) is 0.368. The van der Waals surface area contributed by atoms with Gasteiger partial charge in [-0.15, -0.1) is 0 Å². The Morgan fingerprint density at radius 3 is 2.45 bits per heavy atom. The summed E-state index contributed by atoms with van der Waals surface area (Å²) in [5, 5.41) is 3.49. The molecule has 0 aromatic heterocycles. The highest BCUT2D eigenvalue weighted by atomic mass is 16.5. The van der Waals surface area contributed by atoms with E-state index in [1.54, 1.807) is 0 Å². The van der Waals surface area contributed by atoms with Crippen molar-refractivity contribution < 1.29 is 4.74 Å². The van der Waals surface area contributed by atoms with Crippen LogP contribution in [-0.4, -0.2) is 32.1 Å². The summed E-state index contributed by atoms with van der Waals surface area (Å²) < 4.78 is 5.97. The van der Waals surface area contributed by atoms with Crippen molar-refractivity contribution in [3.05, 3.63) is 65.7 Å². The third kappa shape index (κ3) is 5.88. The van der Waals surface area contributed by atoms with E-state index in [2.05, 4.69) is 48.6 Å². The van der Waals surface area contributed by atoms with E-state index in [0.717, 1.165) is 31.8 Å². The van der Waals surface area contributed by atoms with Gasteiger partial charge in [0.05, 0.1) is 0 Å². The maximum Gasteiger partial charge on any atom is 0.124 e. The predicted molar refractivity (Wildman–Crippen MR) is 92.1 cm³/mol. The number of rotatable bonds is 9. The topological polar surface area (TPSA) is 24.5 Å². The zero-order valence-corrected chi connectivity index (χ0v) is 13.6. The molecule has 0 aliphatic carbocycles. The smallest absolute Gasteiger partial charge is 0.124 e.